The van der Waals surface area contributed by atoms with Gasteiger partial charge >= 0.3 is 18.3 Å². The Hall–Kier alpha value is -3.99. The van der Waals surface area contributed by atoms with E-state index in [4.69, 9.17) is 26.1 Å². The number of primary amides is 1. The van der Waals surface area contributed by atoms with Gasteiger partial charge < -0.3 is 31.7 Å². The maximum Gasteiger partial charge on any atom is 0.490 e. The molecular weight excluding hydrogens is 544 g/mol. The van der Waals surface area contributed by atoms with Gasteiger partial charge in [0.05, 0.1) is 11.9 Å². The highest BCUT2D eigenvalue weighted by Crippen LogP contribution is 2.40. The molecule has 1 atom stereocenters. The van der Waals surface area contributed by atoms with Gasteiger partial charge in [0.25, 0.3) is 17.4 Å². The predicted octanol–water partition coefficient (Wildman–Crippen LogP) is 1.81. The molecule has 1 saturated heterocycles. The number of rotatable bonds is 5. The van der Waals surface area contributed by atoms with E-state index >= 15 is 0 Å². The Bertz CT molecular complexity index is 1230. The second-order valence-corrected chi connectivity index (χ2v) is 8.25. The van der Waals surface area contributed by atoms with Gasteiger partial charge in [-0.1, -0.05) is 12.1 Å². The molecule has 2 amide bonds. The molecule has 214 valence electrons. The summed E-state index contributed by atoms with van der Waals surface area (Å²) >= 11 is 0. The van der Waals surface area contributed by atoms with Gasteiger partial charge in [-0.3, -0.25) is 9.59 Å². The van der Waals surface area contributed by atoms with E-state index in [0.29, 0.717) is 31.6 Å². The number of benzene rings is 1. The topological polar surface area (TPSA) is 191 Å². The normalized spacial score (nSPS) is 15.9. The summed E-state index contributed by atoms with van der Waals surface area (Å²) in [5.74, 6) is -5.47. The second-order valence-electron chi connectivity index (χ2n) is 8.25. The van der Waals surface area contributed by atoms with Crippen molar-refractivity contribution in [2.75, 3.05) is 18.9 Å². The summed E-state index contributed by atoms with van der Waals surface area (Å²) in [4.78, 5) is 41.2. The number of nitrogens with two attached hydrogens (primary N) is 2. The molecule has 1 aliphatic heterocycles. The Balaban J connectivity index is 0.000000673. The van der Waals surface area contributed by atoms with Crippen molar-refractivity contribution < 1.29 is 55.7 Å². The Labute approximate surface area is 216 Å². The minimum Gasteiger partial charge on any atom is -0.475 e. The maximum atomic E-state index is 13.5. The minimum atomic E-state index is -5.35. The number of halogens is 6. The number of hydrogen-bond donors (Lipinski definition) is 5. The van der Waals surface area contributed by atoms with E-state index in [1.807, 2.05) is 0 Å². The quantitative estimate of drug-likeness (QED) is 0.335. The first kappa shape index (κ1) is 31.2. The average molecular weight is 567 g/mol. The molecule has 0 saturated carbocycles. The van der Waals surface area contributed by atoms with E-state index in [0.717, 1.165) is 12.1 Å². The average Bonchev–Trinajstić information content (AvgIpc) is 2.83. The van der Waals surface area contributed by atoms with Crippen LogP contribution in [0.3, 0.4) is 0 Å². The zero-order valence-electron chi connectivity index (χ0n) is 20.1. The molecule has 39 heavy (non-hydrogen) atoms. The largest absolute Gasteiger partial charge is 0.490 e. The molecule has 11 nitrogen and oxygen atoms in total. The van der Waals surface area contributed by atoms with Crippen molar-refractivity contribution in [1.82, 2.24) is 15.3 Å². The van der Waals surface area contributed by atoms with Gasteiger partial charge in [-0.05, 0) is 31.4 Å². The third kappa shape index (κ3) is 7.32. The fraction of sp³-hybridized carbons (Fsp3) is 0.409. The molecule has 3 rings (SSSR count). The first-order chi connectivity index (χ1) is 17.9. The number of alkyl halides is 6. The highest BCUT2D eigenvalue weighted by atomic mass is 19.4. The molecule has 1 aromatic heterocycles. The van der Waals surface area contributed by atoms with Crippen LogP contribution in [0.5, 0.6) is 0 Å². The van der Waals surface area contributed by atoms with Gasteiger partial charge in [0.15, 0.2) is 11.5 Å². The number of carbonyl (C=O) groups is 3. The maximum absolute atomic E-state index is 13.5. The third-order valence-electron chi connectivity index (χ3n) is 5.51. The van der Waals surface area contributed by atoms with Gasteiger partial charge in [0, 0.05) is 30.4 Å². The van der Waals surface area contributed by atoms with Crippen LogP contribution in [0, 0.1) is 6.92 Å². The predicted molar refractivity (Wildman–Crippen MR) is 121 cm³/mol. The van der Waals surface area contributed by atoms with E-state index in [1.165, 1.54) is 12.3 Å². The molecule has 2 heterocycles. The van der Waals surface area contributed by atoms with Crippen LogP contribution in [0.15, 0.2) is 24.4 Å². The number of nitrogens with zero attached hydrogens (tertiary/aromatic N) is 2. The van der Waals surface area contributed by atoms with Crippen LogP contribution < -0.4 is 16.8 Å². The number of carboxylic acids is 1. The van der Waals surface area contributed by atoms with Crippen LogP contribution >= 0.6 is 0 Å². The molecule has 1 fully saturated rings. The van der Waals surface area contributed by atoms with Crippen LogP contribution in [-0.2, 0) is 19.9 Å². The summed E-state index contributed by atoms with van der Waals surface area (Å²) in [6, 6.07) is 3.02. The molecule has 2 aromatic rings. The van der Waals surface area contributed by atoms with Crippen LogP contribution in [-0.4, -0.2) is 69.6 Å². The number of anilines is 1. The van der Waals surface area contributed by atoms with E-state index in [9.17, 15) is 41.0 Å². The van der Waals surface area contributed by atoms with Crippen molar-refractivity contribution in [3.05, 3.63) is 41.2 Å². The molecule has 0 radical (unpaired) electrons. The second kappa shape index (κ2) is 11.8. The van der Waals surface area contributed by atoms with Crippen LogP contribution in [0.2, 0.25) is 0 Å². The van der Waals surface area contributed by atoms with E-state index in [-0.39, 0.29) is 28.8 Å². The van der Waals surface area contributed by atoms with Crippen LogP contribution in [0.4, 0.5) is 32.2 Å². The fourth-order valence-electron chi connectivity index (χ4n) is 3.36. The number of carbonyl (C=O) groups excluding carboxylic acids is 2. The SMILES string of the molecule is Cc1ccc(C(O)(C(N)=O)C(F)(F)F)cc1-c1cnc(N)c(C(=O)NC2CCOCC2)n1.O=C(O)C(F)(F)F. The highest BCUT2D eigenvalue weighted by molar-refractivity contribution is 5.97. The fourth-order valence-corrected chi connectivity index (χ4v) is 3.36. The minimum absolute atomic E-state index is 0.0321. The van der Waals surface area contributed by atoms with E-state index in [1.54, 1.807) is 6.92 Å². The summed E-state index contributed by atoms with van der Waals surface area (Å²) in [6.45, 7) is 2.58. The summed E-state index contributed by atoms with van der Waals surface area (Å²) in [6.07, 6.45) is -8.03. The number of nitrogen functional groups attached to an aromatic ring is 1. The summed E-state index contributed by atoms with van der Waals surface area (Å²) in [5.41, 5.74) is 6.39. The molecule has 1 unspecified atom stereocenters. The molecular formula is C22H23F6N5O6. The Morgan fingerprint density at radius 2 is 1.67 bits per heavy atom. The lowest BCUT2D eigenvalue weighted by atomic mass is 9.89. The van der Waals surface area contributed by atoms with Crippen molar-refractivity contribution in [3.8, 4) is 11.3 Å². The van der Waals surface area contributed by atoms with Gasteiger partial charge in [-0.25, -0.2) is 14.8 Å². The van der Waals surface area contributed by atoms with Crippen molar-refractivity contribution in [2.24, 2.45) is 5.73 Å². The van der Waals surface area contributed by atoms with Crippen molar-refractivity contribution >= 4 is 23.6 Å². The van der Waals surface area contributed by atoms with Crippen LogP contribution in [0.25, 0.3) is 11.3 Å². The van der Waals surface area contributed by atoms with Crippen LogP contribution in [0.1, 0.15) is 34.5 Å². The number of aryl methyl sites for hydroxylation is 1. The van der Waals surface area contributed by atoms with Gasteiger partial charge in [-0.2, -0.15) is 26.3 Å². The molecule has 1 aromatic carbocycles. The standard InChI is InChI=1S/C20H22F3N5O4.C2HF3O2/c1-10-2-3-11(19(31,18(25)30)20(21,22)23)8-13(10)14-9-26-16(24)15(28-14)17(29)27-12-4-6-32-7-5-12;3-2(4,5)1(6)7/h2-3,8-9,12,31H,4-7H2,1H3,(H2,24,26)(H2,25,30)(H,27,29);(H,6,7). The smallest absolute Gasteiger partial charge is 0.475 e. The van der Waals surface area contributed by atoms with Gasteiger partial charge in [-0.15, -0.1) is 0 Å². The van der Waals surface area contributed by atoms with Crippen molar-refractivity contribution in [3.63, 3.8) is 0 Å². The Kier molecular flexibility index (Phi) is 9.46. The number of ether oxygens (including phenoxy) is 1. The first-order valence-electron chi connectivity index (χ1n) is 10.9. The number of carboxylic acid groups (broad SMARTS) is 1. The zero-order valence-corrected chi connectivity index (χ0v) is 20.1. The molecule has 1 aliphatic rings. The monoisotopic (exact) mass is 567 g/mol. The highest BCUT2D eigenvalue weighted by Gasteiger charge is 2.60. The van der Waals surface area contributed by atoms with E-state index < -0.39 is 41.3 Å². The molecule has 0 spiro atoms. The van der Waals surface area contributed by atoms with Gasteiger partial charge in [0.2, 0.25) is 0 Å². The number of aliphatic hydroxyl groups is 1. The number of nitrogens with one attached hydrogen (secondary N) is 1. The lowest BCUT2D eigenvalue weighted by Crippen LogP contribution is -2.52. The Morgan fingerprint density at radius 1 is 1.10 bits per heavy atom. The van der Waals surface area contributed by atoms with E-state index in [2.05, 4.69) is 15.3 Å². The summed E-state index contributed by atoms with van der Waals surface area (Å²) < 4.78 is 77.4. The molecule has 0 aliphatic carbocycles. The number of hydrogen-bond acceptors (Lipinski definition) is 8. The molecule has 7 N–H and O–H groups in total. The first-order valence-corrected chi connectivity index (χ1v) is 10.9. The number of aromatic nitrogens is 2. The number of amides is 2. The van der Waals surface area contributed by atoms with Crippen molar-refractivity contribution in [2.45, 2.75) is 43.8 Å². The lowest BCUT2D eigenvalue weighted by molar-refractivity contribution is -0.255. The zero-order chi connectivity index (χ0) is 29.8. The summed E-state index contributed by atoms with van der Waals surface area (Å²) in [7, 11) is 0. The third-order valence-corrected chi connectivity index (χ3v) is 5.51. The molecule has 0 bridgehead atoms. The lowest BCUT2D eigenvalue weighted by Gasteiger charge is -2.28. The number of aliphatic carboxylic acids is 1. The Morgan fingerprint density at radius 3 is 2.15 bits per heavy atom. The summed E-state index contributed by atoms with van der Waals surface area (Å²) in [5, 5.41) is 20.0. The van der Waals surface area contributed by atoms with Gasteiger partial charge in [0.1, 0.15) is 0 Å². The van der Waals surface area contributed by atoms with Crippen molar-refractivity contribution in [1.29, 1.82) is 0 Å². The molecule has 17 heteroatoms.